The predicted molar refractivity (Wildman–Crippen MR) is 127 cm³/mol. The molecule has 1 aromatic heterocycles. The minimum Gasteiger partial charge on any atom is -0.489 e. The largest absolute Gasteiger partial charge is 0.489 e. The van der Waals surface area contributed by atoms with Crippen LogP contribution in [0, 0.1) is 0 Å². The van der Waals surface area contributed by atoms with Gasteiger partial charge < -0.3 is 14.5 Å². The smallest absolute Gasteiger partial charge is 0.416 e. The van der Waals surface area contributed by atoms with Crippen molar-refractivity contribution in [1.29, 1.82) is 0 Å². The fourth-order valence-electron chi connectivity index (χ4n) is 3.56. The van der Waals surface area contributed by atoms with Gasteiger partial charge in [0, 0.05) is 24.9 Å². The zero-order valence-electron chi connectivity index (χ0n) is 18.9. The number of hydrogen-bond donors (Lipinski definition) is 1. The Morgan fingerprint density at radius 3 is 2.57 bits per heavy atom. The summed E-state index contributed by atoms with van der Waals surface area (Å²) in [4.78, 5) is 3.64. The number of ether oxygens (including phenoxy) is 1. The topological polar surface area (TPSA) is 79.7 Å². The van der Waals surface area contributed by atoms with Crippen molar-refractivity contribution in [1.82, 2.24) is 14.7 Å². The van der Waals surface area contributed by atoms with E-state index in [4.69, 9.17) is 16.3 Å². The zero-order chi connectivity index (χ0) is 25.4. The van der Waals surface area contributed by atoms with Crippen molar-refractivity contribution in [2.75, 3.05) is 43.4 Å². The Morgan fingerprint density at radius 2 is 1.89 bits per heavy atom. The predicted octanol–water partition coefficient (Wildman–Crippen LogP) is 4.45. The minimum atomic E-state index is -4.51. The molecule has 0 bridgehead atoms. The van der Waals surface area contributed by atoms with Crippen LogP contribution in [-0.4, -0.2) is 56.9 Å². The van der Waals surface area contributed by atoms with Gasteiger partial charge in [-0.05, 0) is 44.4 Å². The van der Waals surface area contributed by atoms with E-state index in [-0.39, 0.29) is 28.1 Å². The lowest BCUT2D eigenvalue weighted by Gasteiger charge is -2.32. The number of sulfonamides is 1. The molecule has 3 aromatic rings. The second kappa shape index (κ2) is 9.59. The Bertz CT molecular complexity index is 1330. The lowest BCUT2D eigenvalue weighted by Crippen LogP contribution is -2.29. The number of anilines is 3. The second-order valence-corrected chi connectivity index (χ2v) is 10.3. The summed E-state index contributed by atoms with van der Waals surface area (Å²) in [6.07, 6.45) is -2.83. The minimum absolute atomic E-state index is 0.0422. The zero-order valence-corrected chi connectivity index (χ0v) is 20.5. The summed E-state index contributed by atoms with van der Waals surface area (Å²) in [6, 6.07) is 8.97. The summed E-state index contributed by atoms with van der Waals surface area (Å²) < 4.78 is 74.6. The molecule has 2 aromatic carbocycles. The van der Waals surface area contributed by atoms with E-state index < -0.39 is 21.8 Å². The van der Waals surface area contributed by atoms with Crippen LogP contribution in [-0.2, 0) is 22.7 Å². The summed E-state index contributed by atoms with van der Waals surface area (Å²) in [6.45, 7) is 1.86. The number of nitrogens with zero attached hydrogens (tertiary/aromatic N) is 4. The molecule has 0 atom stereocenters. The summed E-state index contributed by atoms with van der Waals surface area (Å²) in [5, 5.41) is 4.16. The number of aromatic nitrogens is 2. The first kappa shape index (κ1) is 25.1. The van der Waals surface area contributed by atoms with Gasteiger partial charge >= 0.3 is 6.18 Å². The SMILES string of the molecule is CN(C)CCn1ccc(NS(=O)(=O)c2ccc3c(c2)OCCN3c2ccc(C(F)(F)F)cc2Cl)n1. The van der Waals surface area contributed by atoms with Crippen molar-refractivity contribution in [2.24, 2.45) is 0 Å². The summed E-state index contributed by atoms with van der Waals surface area (Å²) in [5.74, 6) is 0.451. The third-order valence-corrected chi connectivity index (χ3v) is 6.98. The maximum atomic E-state index is 13.0. The summed E-state index contributed by atoms with van der Waals surface area (Å²) in [7, 11) is -0.106. The third-order valence-electron chi connectivity index (χ3n) is 5.33. The molecular weight excluding hydrogens is 507 g/mol. The molecule has 0 radical (unpaired) electrons. The van der Waals surface area contributed by atoms with Gasteiger partial charge in [-0.2, -0.15) is 18.3 Å². The molecule has 0 aliphatic carbocycles. The fourth-order valence-corrected chi connectivity index (χ4v) is 4.85. The summed E-state index contributed by atoms with van der Waals surface area (Å²) >= 11 is 6.17. The van der Waals surface area contributed by atoms with Gasteiger partial charge in [0.25, 0.3) is 10.0 Å². The maximum Gasteiger partial charge on any atom is 0.416 e. The molecule has 0 spiro atoms. The van der Waals surface area contributed by atoms with E-state index in [1.165, 1.54) is 24.3 Å². The first-order valence-electron chi connectivity index (χ1n) is 10.6. The Hall–Kier alpha value is -2.96. The molecule has 0 fully saturated rings. The number of benzene rings is 2. The molecule has 2 heterocycles. The average Bonchev–Trinajstić information content (AvgIpc) is 3.23. The normalized spacial score (nSPS) is 14.1. The molecule has 8 nitrogen and oxygen atoms in total. The number of rotatable bonds is 7. The molecule has 0 saturated heterocycles. The van der Waals surface area contributed by atoms with Gasteiger partial charge in [-0.3, -0.25) is 9.40 Å². The van der Waals surface area contributed by atoms with E-state index in [1.807, 2.05) is 19.0 Å². The fraction of sp³-hybridized carbons (Fsp3) is 0.318. The highest BCUT2D eigenvalue weighted by atomic mass is 35.5. The van der Waals surface area contributed by atoms with E-state index in [2.05, 4.69) is 9.82 Å². The van der Waals surface area contributed by atoms with Crippen molar-refractivity contribution in [2.45, 2.75) is 17.6 Å². The highest BCUT2D eigenvalue weighted by Gasteiger charge is 2.32. The van der Waals surface area contributed by atoms with Gasteiger partial charge in [-0.1, -0.05) is 11.6 Å². The molecule has 1 aliphatic rings. The standard InChI is InChI=1S/C22H23ClF3N5O3S/c1-29(2)9-10-30-8-7-21(27-30)28-35(32,33)16-4-6-19-20(14-16)34-12-11-31(19)18-5-3-15(13-17(18)23)22(24,25)26/h3-8,13-14H,9-12H2,1-2H3,(H,27,28). The number of likely N-dealkylation sites (N-methyl/N-ethyl adjacent to an activating group) is 1. The van der Waals surface area contributed by atoms with Crippen molar-refractivity contribution in [3.8, 4) is 5.75 Å². The van der Waals surface area contributed by atoms with Gasteiger partial charge in [0.1, 0.15) is 12.4 Å². The Balaban J connectivity index is 1.57. The van der Waals surface area contributed by atoms with Gasteiger partial charge in [-0.15, -0.1) is 0 Å². The molecule has 0 saturated carbocycles. The highest BCUT2D eigenvalue weighted by Crippen LogP contribution is 2.42. The Labute approximate surface area is 205 Å². The van der Waals surface area contributed by atoms with Gasteiger partial charge in [0.05, 0.1) is 39.9 Å². The van der Waals surface area contributed by atoms with Crippen LogP contribution in [0.5, 0.6) is 5.75 Å². The van der Waals surface area contributed by atoms with E-state index in [0.717, 1.165) is 18.7 Å². The van der Waals surface area contributed by atoms with Crippen LogP contribution < -0.4 is 14.4 Å². The number of nitrogens with one attached hydrogen (secondary N) is 1. The molecule has 188 valence electrons. The number of hydrogen-bond acceptors (Lipinski definition) is 6. The van der Waals surface area contributed by atoms with Gasteiger partial charge in [0.2, 0.25) is 0 Å². The molecule has 1 N–H and O–H groups in total. The summed E-state index contributed by atoms with van der Waals surface area (Å²) in [5.41, 5.74) is 0.00226. The maximum absolute atomic E-state index is 13.0. The highest BCUT2D eigenvalue weighted by molar-refractivity contribution is 7.92. The van der Waals surface area contributed by atoms with Crippen molar-refractivity contribution >= 4 is 38.8 Å². The molecule has 1 aliphatic heterocycles. The molecule has 35 heavy (non-hydrogen) atoms. The van der Waals surface area contributed by atoms with E-state index in [1.54, 1.807) is 21.8 Å². The average molecular weight is 530 g/mol. The van der Waals surface area contributed by atoms with Crippen LogP contribution in [0.15, 0.2) is 53.6 Å². The van der Waals surface area contributed by atoms with Crippen LogP contribution in [0.4, 0.5) is 30.4 Å². The first-order chi connectivity index (χ1) is 16.4. The van der Waals surface area contributed by atoms with E-state index in [9.17, 15) is 21.6 Å². The van der Waals surface area contributed by atoms with Crippen LogP contribution in [0.3, 0.4) is 0 Å². The third kappa shape index (κ3) is 5.65. The van der Waals surface area contributed by atoms with Gasteiger partial charge in [0.15, 0.2) is 5.82 Å². The van der Waals surface area contributed by atoms with E-state index in [0.29, 0.717) is 24.5 Å². The van der Waals surface area contributed by atoms with Crippen molar-refractivity contribution < 1.29 is 26.3 Å². The number of halogens is 4. The number of alkyl halides is 3. The van der Waals surface area contributed by atoms with E-state index >= 15 is 0 Å². The van der Waals surface area contributed by atoms with Crippen molar-refractivity contribution in [3.05, 3.63) is 59.2 Å². The Kier molecular flexibility index (Phi) is 6.89. The lowest BCUT2D eigenvalue weighted by atomic mass is 10.1. The quantitative estimate of drug-likeness (QED) is 0.487. The van der Waals surface area contributed by atoms with Crippen LogP contribution in [0.25, 0.3) is 0 Å². The number of fused-ring (bicyclic) bond motifs is 1. The monoisotopic (exact) mass is 529 g/mol. The van der Waals surface area contributed by atoms with Crippen LogP contribution in [0.2, 0.25) is 5.02 Å². The Morgan fingerprint density at radius 1 is 1.14 bits per heavy atom. The van der Waals surface area contributed by atoms with Crippen molar-refractivity contribution in [3.63, 3.8) is 0 Å². The van der Waals surface area contributed by atoms with Crippen LogP contribution in [0.1, 0.15) is 5.56 Å². The second-order valence-electron chi connectivity index (χ2n) is 8.17. The first-order valence-corrected chi connectivity index (χ1v) is 12.4. The molecule has 0 unspecified atom stereocenters. The lowest BCUT2D eigenvalue weighted by molar-refractivity contribution is -0.137. The molecule has 0 amide bonds. The molecule has 13 heteroatoms. The van der Waals surface area contributed by atoms with Gasteiger partial charge in [-0.25, -0.2) is 8.42 Å². The molecular formula is C22H23ClF3N5O3S. The van der Waals surface area contributed by atoms with Crippen LogP contribution >= 0.6 is 11.6 Å². The molecule has 4 rings (SSSR count).